The second-order valence-corrected chi connectivity index (χ2v) is 8.43. The fourth-order valence-corrected chi connectivity index (χ4v) is 3.87. The Morgan fingerprint density at radius 1 is 1.12 bits per heavy atom. The zero-order valence-corrected chi connectivity index (χ0v) is 18.8. The lowest BCUT2D eigenvalue weighted by Crippen LogP contribution is -2.30. The van der Waals surface area contributed by atoms with E-state index in [1.54, 1.807) is 17.1 Å². The average Bonchev–Trinajstić information content (AvgIpc) is 3.40. The first kappa shape index (κ1) is 21.0. The van der Waals surface area contributed by atoms with Gasteiger partial charge in [0, 0.05) is 24.4 Å². The van der Waals surface area contributed by atoms with Crippen molar-refractivity contribution < 1.29 is 4.79 Å². The van der Waals surface area contributed by atoms with E-state index in [0.29, 0.717) is 22.8 Å². The number of halogens is 1. The van der Waals surface area contributed by atoms with Crippen LogP contribution in [0.3, 0.4) is 0 Å². The molecule has 0 bridgehead atoms. The molecule has 0 aliphatic carbocycles. The van der Waals surface area contributed by atoms with Crippen molar-refractivity contribution in [3.63, 3.8) is 0 Å². The molecule has 0 aliphatic heterocycles. The third kappa shape index (κ3) is 4.01. The molecule has 1 atom stereocenters. The van der Waals surface area contributed by atoms with Crippen LogP contribution in [0.15, 0.2) is 65.7 Å². The molecule has 0 saturated heterocycles. The van der Waals surface area contributed by atoms with Gasteiger partial charge in [-0.2, -0.15) is 10.2 Å². The van der Waals surface area contributed by atoms with Gasteiger partial charge in [0.25, 0.3) is 11.5 Å². The number of nitrogens with one attached hydrogen (secondary N) is 2. The Kier molecular flexibility index (Phi) is 5.22. The highest BCUT2D eigenvalue weighted by molar-refractivity contribution is 6.31. The fourth-order valence-electron chi connectivity index (χ4n) is 3.73. The van der Waals surface area contributed by atoms with Crippen LogP contribution in [0.25, 0.3) is 27.5 Å². The zero-order valence-electron chi connectivity index (χ0n) is 18.0. The van der Waals surface area contributed by atoms with Gasteiger partial charge in [0.05, 0.1) is 28.6 Å². The number of aryl methyl sites for hydroxylation is 1. The molecular formula is C24H21ClN6O2. The Bertz CT molecular complexity index is 1550. The minimum atomic E-state index is -0.368. The molecule has 166 valence electrons. The van der Waals surface area contributed by atoms with Gasteiger partial charge in [-0.25, -0.2) is 4.52 Å². The summed E-state index contributed by atoms with van der Waals surface area (Å²) < 4.78 is 3.15. The van der Waals surface area contributed by atoms with E-state index in [1.165, 1.54) is 10.6 Å². The molecule has 2 N–H and O–H groups in total. The molecule has 8 nitrogen and oxygen atoms in total. The number of amides is 1. The van der Waals surface area contributed by atoms with Gasteiger partial charge < -0.3 is 10.3 Å². The molecular weight excluding hydrogens is 440 g/mol. The van der Waals surface area contributed by atoms with Gasteiger partial charge in [0.1, 0.15) is 5.52 Å². The van der Waals surface area contributed by atoms with Crippen LogP contribution >= 0.6 is 11.6 Å². The maximum Gasteiger partial charge on any atom is 0.274 e. The number of fused-ring (bicyclic) bond motifs is 2. The molecule has 33 heavy (non-hydrogen) atoms. The Labute approximate surface area is 193 Å². The van der Waals surface area contributed by atoms with Crippen LogP contribution in [0.1, 0.15) is 29.1 Å². The first-order chi connectivity index (χ1) is 15.9. The van der Waals surface area contributed by atoms with Gasteiger partial charge in [-0.05, 0) is 30.7 Å². The predicted octanol–water partition coefficient (Wildman–Crippen LogP) is 3.99. The Hall–Kier alpha value is -3.91. The number of nitrogens with zero attached hydrogens (tertiary/aromatic N) is 4. The Morgan fingerprint density at radius 2 is 1.91 bits per heavy atom. The molecule has 2 aromatic carbocycles. The molecule has 0 radical (unpaired) electrons. The molecule has 0 fully saturated rings. The quantitative estimate of drug-likeness (QED) is 0.414. The van der Waals surface area contributed by atoms with Crippen LogP contribution in [0, 0.1) is 6.92 Å². The lowest BCUT2D eigenvalue weighted by atomic mass is 10.1. The van der Waals surface area contributed by atoms with Gasteiger partial charge in [-0.3, -0.25) is 14.3 Å². The van der Waals surface area contributed by atoms with E-state index >= 15 is 0 Å². The van der Waals surface area contributed by atoms with E-state index in [0.717, 1.165) is 22.0 Å². The summed E-state index contributed by atoms with van der Waals surface area (Å²) in [6.07, 6.45) is 3.45. The van der Waals surface area contributed by atoms with E-state index in [2.05, 4.69) is 20.5 Å². The summed E-state index contributed by atoms with van der Waals surface area (Å²) in [5.74, 6) is -0.368. The molecule has 9 heteroatoms. The third-order valence-corrected chi connectivity index (χ3v) is 6.00. The van der Waals surface area contributed by atoms with Crippen molar-refractivity contribution in [2.24, 2.45) is 0 Å². The zero-order chi connectivity index (χ0) is 23.1. The van der Waals surface area contributed by atoms with Gasteiger partial charge in [-0.1, -0.05) is 48.0 Å². The van der Waals surface area contributed by atoms with Crippen LogP contribution in [0.4, 0.5) is 0 Å². The molecule has 0 aliphatic rings. The standard InChI is InChI=1S/C24H21ClN6O2/c1-14(30-12-19(25)15(2)28-30)11-26-23(32)20-10-22-24(33)27-21(13-31(22)29-20)18-8-7-16-5-3-4-6-17(16)9-18/h3-10,12-14H,11H2,1-2H3,(H,26,32)(H,27,33). The normalized spacial score (nSPS) is 12.3. The Morgan fingerprint density at radius 3 is 2.67 bits per heavy atom. The van der Waals surface area contributed by atoms with Crippen molar-refractivity contribution in [2.45, 2.75) is 19.9 Å². The van der Waals surface area contributed by atoms with E-state index < -0.39 is 0 Å². The van der Waals surface area contributed by atoms with Crippen LogP contribution in [0.2, 0.25) is 5.02 Å². The highest BCUT2D eigenvalue weighted by atomic mass is 35.5. The molecule has 0 spiro atoms. The highest BCUT2D eigenvalue weighted by Gasteiger charge is 2.16. The molecule has 3 aromatic heterocycles. The summed E-state index contributed by atoms with van der Waals surface area (Å²) in [6, 6.07) is 15.4. The number of hydrogen-bond acceptors (Lipinski definition) is 4. The van der Waals surface area contributed by atoms with Crippen molar-refractivity contribution >= 4 is 33.8 Å². The number of carbonyl (C=O) groups excluding carboxylic acids is 1. The molecule has 1 unspecified atom stereocenters. The van der Waals surface area contributed by atoms with Crippen molar-refractivity contribution in [1.29, 1.82) is 0 Å². The van der Waals surface area contributed by atoms with Crippen molar-refractivity contribution in [3.05, 3.63) is 87.7 Å². The number of hydrogen-bond donors (Lipinski definition) is 2. The minimum Gasteiger partial charge on any atom is -0.349 e. The lowest BCUT2D eigenvalue weighted by molar-refractivity contribution is 0.0942. The molecule has 5 rings (SSSR count). The van der Waals surface area contributed by atoms with Gasteiger partial charge in [0.15, 0.2) is 5.69 Å². The SMILES string of the molecule is Cc1nn(C(C)CNC(=O)c2cc3c(=O)[nH]c(-c4ccc5ccccc5c4)cn3n2)cc1Cl. The third-order valence-electron chi connectivity index (χ3n) is 5.63. The predicted molar refractivity (Wildman–Crippen MR) is 128 cm³/mol. The van der Waals surface area contributed by atoms with Crippen molar-refractivity contribution in [3.8, 4) is 11.3 Å². The number of carbonyl (C=O) groups is 1. The van der Waals surface area contributed by atoms with Crippen LogP contribution < -0.4 is 10.9 Å². The summed E-state index contributed by atoms with van der Waals surface area (Å²) in [4.78, 5) is 28.3. The highest BCUT2D eigenvalue weighted by Crippen LogP contribution is 2.22. The fraction of sp³-hybridized carbons (Fsp3) is 0.167. The average molecular weight is 461 g/mol. The van der Waals surface area contributed by atoms with Crippen LogP contribution in [-0.2, 0) is 0 Å². The largest absolute Gasteiger partial charge is 0.349 e. The maximum atomic E-state index is 12.7. The topological polar surface area (TPSA) is 97.1 Å². The molecule has 3 heterocycles. The number of aromatic nitrogens is 5. The second kappa shape index (κ2) is 8.22. The van der Waals surface area contributed by atoms with Gasteiger partial charge >= 0.3 is 0 Å². The summed E-state index contributed by atoms with van der Waals surface area (Å²) in [5, 5.41) is 14.3. The van der Waals surface area contributed by atoms with Crippen molar-refractivity contribution in [1.82, 2.24) is 29.7 Å². The first-order valence-corrected chi connectivity index (χ1v) is 10.9. The molecule has 1 amide bonds. The van der Waals surface area contributed by atoms with E-state index in [4.69, 9.17) is 11.6 Å². The summed E-state index contributed by atoms with van der Waals surface area (Å²) in [7, 11) is 0. The number of H-pyrrole nitrogens is 1. The van der Waals surface area contributed by atoms with Crippen LogP contribution in [-0.4, -0.2) is 36.8 Å². The van der Waals surface area contributed by atoms with E-state index in [9.17, 15) is 9.59 Å². The number of benzene rings is 2. The van der Waals surface area contributed by atoms with E-state index in [1.807, 2.05) is 56.3 Å². The van der Waals surface area contributed by atoms with Gasteiger partial charge in [-0.15, -0.1) is 0 Å². The monoisotopic (exact) mass is 460 g/mol. The maximum absolute atomic E-state index is 12.7. The summed E-state index contributed by atoms with van der Waals surface area (Å²) in [5.41, 5.74) is 2.35. The number of rotatable bonds is 5. The van der Waals surface area contributed by atoms with E-state index in [-0.39, 0.29) is 23.2 Å². The summed E-state index contributed by atoms with van der Waals surface area (Å²) >= 11 is 6.06. The Balaban J connectivity index is 1.39. The minimum absolute atomic E-state index is 0.0971. The summed E-state index contributed by atoms with van der Waals surface area (Å²) in [6.45, 7) is 4.08. The molecule has 0 saturated carbocycles. The first-order valence-electron chi connectivity index (χ1n) is 10.5. The van der Waals surface area contributed by atoms with Crippen LogP contribution in [0.5, 0.6) is 0 Å². The van der Waals surface area contributed by atoms with Gasteiger partial charge in [0.2, 0.25) is 0 Å². The smallest absolute Gasteiger partial charge is 0.274 e. The second-order valence-electron chi connectivity index (χ2n) is 8.02. The number of aromatic amines is 1. The molecule has 5 aromatic rings. The lowest BCUT2D eigenvalue weighted by Gasteiger charge is -2.12. The van der Waals surface area contributed by atoms with Crippen molar-refractivity contribution in [2.75, 3.05) is 6.54 Å².